The van der Waals surface area contributed by atoms with Gasteiger partial charge in [0.15, 0.2) is 6.10 Å². The molecular formula is C27H31ClN2O5. The van der Waals surface area contributed by atoms with Gasteiger partial charge in [-0.3, -0.25) is 4.90 Å². The number of hydrogen-bond donors (Lipinski definition) is 1. The first-order chi connectivity index (χ1) is 16.4. The number of benzene rings is 2. The van der Waals surface area contributed by atoms with Crippen LogP contribution in [0, 0.1) is 13.8 Å². The van der Waals surface area contributed by atoms with Crippen molar-refractivity contribution in [2.75, 3.05) is 18.1 Å². The zero-order valence-corrected chi connectivity index (χ0v) is 21.7. The topological polar surface area (TPSA) is 81.0 Å². The van der Waals surface area contributed by atoms with E-state index < -0.39 is 23.8 Å². The zero-order chi connectivity index (χ0) is 25.7. The van der Waals surface area contributed by atoms with Crippen LogP contribution in [-0.2, 0) is 20.8 Å². The van der Waals surface area contributed by atoms with Crippen molar-refractivity contribution in [3.05, 3.63) is 52.2 Å². The number of amides is 1. The molecule has 0 saturated carbocycles. The highest BCUT2D eigenvalue weighted by atomic mass is 35.5. The number of rotatable bonds is 5. The summed E-state index contributed by atoms with van der Waals surface area (Å²) in [6, 6.07) is 9.40. The first-order valence-electron chi connectivity index (χ1n) is 11.7. The average molecular weight is 499 g/mol. The highest BCUT2D eigenvalue weighted by Crippen LogP contribution is 2.48. The molecule has 1 atom stereocenters. The molecular weight excluding hydrogens is 468 g/mol. The lowest BCUT2D eigenvalue weighted by atomic mass is 9.87. The van der Waals surface area contributed by atoms with Crippen LogP contribution in [0.15, 0.2) is 30.3 Å². The van der Waals surface area contributed by atoms with Crippen LogP contribution in [0.3, 0.4) is 0 Å². The normalized spacial score (nSPS) is 14.3. The van der Waals surface area contributed by atoms with Crippen LogP contribution in [0.5, 0.6) is 0 Å². The lowest BCUT2D eigenvalue weighted by Crippen LogP contribution is -2.38. The van der Waals surface area contributed by atoms with Crippen LogP contribution in [0.4, 0.5) is 10.5 Å². The largest absolute Gasteiger partial charge is 0.479 e. The van der Waals surface area contributed by atoms with Gasteiger partial charge in [0.25, 0.3) is 0 Å². The number of nitrogens with zero attached hydrogens (tertiary/aromatic N) is 2. The van der Waals surface area contributed by atoms with E-state index in [1.165, 1.54) is 0 Å². The molecule has 3 aromatic rings. The van der Waals surface area contributed by atoms with Gasteiger partial charge in [-0.15, -0.1) is 0 Å². The van der Waals surface area contributed by atoms with Crippen LogP contribution < -0.4 is 4.90 Å². The molecule has 1 amide bonds. The van der Waals surface area contributed by atoms with Crippen molar-refractivity contribution in [1.29, 1.82) is 0 Å². The lowest BCUT2D eigenvalue weighted by Gasteiger charge is -2.34. The molecule has 1 aliphatic rings. The van der Waals surface area contributed by atoms with Crippen LogP contribution in [-0.4, -0.2) is 40.5 Å². The number of halogens is 1. The molecule has 1 aliphatic heterocycles. The molecule has 186 valence electrons. The quantitative estimate of drug-likeness (QED) is 0.434. The van der Waals surface area contributed by atoms with Gasteiger partial charge in [-0.1, -0.05) is 23.7 Å². The summed E-state index contributed by atoms with van der Waals surface area (Å²) >= 11 is 6.18. The minimum absolute atomic E-state index is 0.248. The van der Waals surface area contributed by atoms with E-state index in [2.05, 4.69) is 10.6 Å². The van der Waals surface area contributed by atoms with Crippen molar-refractivity contribution < 1.29 is 24.2 Å². The Labute approximate surface area is 210 Å². The van der Waals surface area contributed by atoms with Crippen molar-refractivity contribution in [3.8, 4) is 11.1 Å². The molecule has 35 heavy (non-hydrogen) atoms. The highest BCUT2D eigenvalue weighted by molar-refractivity contribution is 6.30. The number of ether oxygens (including phenoxy) is 2. The smallest absolute Gasteiger partial charge is 0.414 e. The summed E-state index contributed by atoms with van der Waals surface area (Å²) in [5, 5.41) is 11.8. The Morgan fingerprint density at radius 1 is 1.14 bits per heavy atom. The van der Waals surface area contributed by atoms with Gasteiger partial charge in [0.05, 0.1) is 23.4 Å². The van der Waals surface area contributed by atoms with E-state index in [1.54, 1.807) is 24.0 Å². The van der Waals surface area contributed by atoms with E-state index in [4.69, 9.17) is 21.1 Å². The summed E-state index contributed by atoms with van der Waals surface area (Å²) in [5.41, 5.74) is 4.64. The molecule has 0 saturated heterocycles. The number of carbonyl (C=O) groups is 2. The van der Waals surface area contributed by atoms with Gasteiger partial charge >= 0.3 is 12.1 Å². The number of anilines is 1. The Morgan fingerprint density at radius 3 is 2.37 bits per heavy atom. The molecule has 1 aromatic heterocycles. The van der Waals surface area contributed by atoms with Crippen molar-refractivity contribution in [1.82, 2.24) is 4.57 Å². The molecule has 8 heteroatoms. The van der Waals surface area contributed by atoms with E-state index in [9.17, 15) is 14.7 Å². The highest BCUT2D eigenvalue weighted by Gasteiger charge is 2.37. The Kier molecular flexibility index (Phi) is 6.60. The van der Waals surface area contributed by atoms with Gasteiger partial charge in [0, 0.05) is 34.8 Å². The minimum atomic E-state index is -1.25. The van der Waals surface area contributed by atoms with Gasteiger partial charge in [-0.25, -0.2) is 9.59 Å². The lowest BCUT2D eigenvalue weighted by molar-refractivity contribution is -0.160. The monoisotopic (exact) mass is 498 g/mol. The van der Waals surface area contributed by atoms with E-state index in [0.29, 0.717) is 34.9 Å². The van der Waals surface area contributed by atoms with E-state index in [0.717, 1.165) is 27.7 Å². The standard InChI is InChI=1S/C27H31ClN2O5/c1-7-34-26(33)30-13-12-29-15(2)14-19-21(17-8-10-18(28)11-9-17)20(16(3)22(30)23(19)29)24(25(31)32)35-27(4,5)6/h8-11,14,24H,7,12-13H2,1-6H3,(H,31,32)/t24-/m0/s1. The number of hydrogen-bond acceptors (Lipinski definition) is 4. The third-order valence-electron chi connectivity index (χ3n) is 6.22. The Hall–Kier alpha value is -3.03. The fourth-order valence-electron chi connectivity index (χ4n) is 4.92. The third-order valence-corrected chi connectivity index (χ3v) is 6.47. The molecule has 4 rings (SSSR count). The maximum absolute atomic E-state index is 13.0. The molecule has 2 aromatic carbocycles. The summed E-state index contributed by atoms with van der Waals surface area (Å²) in [6.45, 7) is 12.4. The van der Waals surface area contributed by atoms with Gasteiger partial charge in [0.1, 0.15) is 0 Å². The molecule has 0 unspecified atom stereocenters. The molecule has 0 radical (unpaired) electrons. The van der Waals surface area contributed by atoms with Gasteiger partial charge in [-0.05, 0) is 76.4 Å². The Bertz CT molecular complexity index is 1300. The molecule has 7 nitrogen and oxygen atoms in total. The van der Waals surface area contributed by atoms with Crippen molar-refractivity contribution in [2.24, 2.45) is 0 Å². The second kappa shape index (κ2) is 9.21. The molecule has 0 spiro atoms. The number of aromatic nitrogens is 1. The van der Waals surface area contributed by atoms with Crippen molar-refractivity contribution >= 4 is 40.3 Å². The predicted molar refractivity (Wildman–Crippen MR) is 137 cm³/mol. The van der Waals surface area contributed by atoms with Crippen LogP contribution in [0.1, 0.15) is 50.6 Å². The molecule has 0 aliphatic carbocycles. The summed E-state index contributed by atoms with van der Waals surface area (Å²) in [7, 11) is 0. The molecule has 0 bridgehead atoms. The van der Waals surface area contributed by atoms with E-state index >= 15 is 0 Å². The summed E-state index contributed by atoms with van der Waals surface area (Å²) in [5.74, 6) is -1.10. The maximum Gasteiger partial charge on any atom is 0.414 e. The maximum atomic E-state index is 13.0. The second-order valence-corrected chi connectivity index (χ2v) is 10.2. The second-order valence-electron chi connectivity index (χ2n) is 9.77. The third kappa shape index (κ3) is 4.50. The number of carboxylic acids is 1. The fourth-order valence-corrected chi connectivity index (χ4v) is 5.04. The van der Waals surface area contributed by atoms with E-state index in [-0.39, 0.29) is 6.61 Å². The number of aliphatic carboxylic acids is 1. The molecule has 1 N–H and O–H groups in total. The Balaban J connectivity index is 2.15. The van der Waals surface area contributed by atoms with Crippen LogP contribution >= 0.6 is 11.6 Å². The van der Waals surface area contributed by atoms with Gasteiger partial charge in [-0.2, -0.15) is 0 Å². The van der Waals surface area contributed by atoms with Gasteiger partial charge in [0.2, 0.25) is 0 Å². The van der Waals surface area contributed by atoms with Crippen LogP contribution in [0.25, 0.3) is 22.0 Å². The van der Waals surface area contributed by atoms with Crippen molar-refractivity contribution in [2.45, 2.75) is 59.8 Å². The van der Waals surface area contributed by atoms with E-state index in [1.807, 2.05) is 46.8 Å². The Morgan fingerprint density at radius 2 is 1.80 bits per heavy atom. The number of carboxylic acid groups (broad SMARTS) is 1. The minimum Gasteiger partial charge on any atom is -0.479 e. The summed E-state index contributed by atoms with van der Waals surface area (Å²) in [6.07, 6.45) is -1.70. The number of aryl methyl sites for hydroxylation is 1. The molecule has 2 heterocycles. The average Bonchev–Trinajstić information content (AvgIpc) is 3.11. The summed E-state index contributed by atoms with van der Waals surface area (Å²) in [4.78, 5) is 27.2. The summed E-state index contributed by atoms with van der Waals surface area (Å²) < 4.78 is 13.7. The first-order valence-corrected chi connectivity index (χ1v) is 12.1. The van der Waals surface area contributed by atoms with Crippen LogP contribution in [0.2, 0.25) is 5.02 Å². The fraction of sp³-hybridized carbons (Fsp3) is 0.407. The van der Waals surface area contributed by atoms with Gasteiger partial charge < -0.3 is 19.1 Å². The zero-order valence-electron chi connectivity index (χ0n) is 20.9. The van der Waals surface area contributed by atoms with Crippen molar-refractivity contribution in [3.63, 3.8) is 0 Å². The predicted octanol–water partition coefficient (Wildman–Crippen LogP) is 6.50. The first kappa shape index (κ1) is 25.1. The SMILES string of the molecule is CCOC(=O)N1CCn2c(C)cc3c(-c4ccc(Cl)cc4)c([C@H](OC(C)(C)C)C(=O)O)c(C)c1c32. The molecule has 0 fully saturated rings. The number of carbonyl (C=O) groups excluding carboxylic acids is 1.